The van der Waals surface area contributed by atoms with E-state index >= 15 is 0 Å². The minimum atomic E-state index is -0.609. The van der Waals surface area contributed by atoms with E-state index in [0.29, 0.717) is 16.9 Å². The SMILES string of the molecule is C[C@H]1[C@@H](CSc2nccn2C)O[C@@H](c2cccc(-c3cccc(CN4C(=O)c5ccccc5C4=O)c3)c2)O[C@H]1c1ccc(CO)cc1. The molecule has 4 atom stereocenters. The number of rotatable bonds is 9. The number of fused-ring (bicyclic) bond motifs is 1. The predicted octanol–water partition coefficient (Wildman–Crippen LogP) is 6.96. The third kappa shape index (κ3) is 6.27. The summed E-state index contributed by atoms with van der Waals surface area (Å²) < 4.78 is 15.4. The molecular formula is C38H35N3O5S. The lowest BCUT2D eigenvalue weighted by molar-refractivity contribution is -0.268. The number of aryl methyl sites for hydroxylation is 1. The number of hydrogen-bond acceptors (Lipinski definition) is 7. The van der Waals surface area contributed by atoms with E-state index in [1.54, 1.807) is 42.2 Å². The second kappa shape index (κ2) is 13.3. The van der Waals surface area contributed by atoms with Crippen molar-refractivity contribution >= 4 is 23.6 Å². The van der Waals surface area contributed by atoms with Crippen molar-refractivity contribution in [3.8, 4) is 11.1 Å². The lowest BCUT2D eigenvalue weighted by atomic mass is 9.91. The molecule has 8 nitrogen and oxygen atoms in total. The molecule has 238 valence electrons. The van der Waals surface area contributed by atoms with Crippen molar-refractivity contribution in [3.05, 3.63) is 143 Å². The van der Waals surface area contributed by atoms with Gasteiger partial charge in [-0.15, -0.1) is 0 Å². The van der Waals surface area contributed by atoms with Crippen LogP contribution in [-0.2, 0) is 29.7 Å². The summed E-state index contributed by atoms with van der Waals surface area (Å²) in [5.41, 5.74) is 6.47. The molecule has 1 aromatic heterocycles. The number of carbonyl (C=O) groups is 2. The molecule has 3 heterocycles. The molecule has 2 amide bonds. The van der Waals surface area contributed by atoms with E-state index in [4.69, 9.17) is 9.47 Å². The molecule has 5 aromatic rings. The maximum atomic E-state index is 13.0. The number of aliphatic hydroxyl groups is 1. The van der Waals surface area contributed by atoms with E-state index in [1.807, 2.05) is 84.5 Å². The van der Waals surface area contributed by atoms with Gasteiger partial charge in [-0.3, -0.25) is 14.5 Å². The van der Waals surface area contributed by atoms with Crippen LogP contribution in [0.1, 0.15) is 62.3 Å². The van der Waals surface area contributed by atoms with Crippen LogP contribution < -0.4 is 0 Å². The van der Waals surface area contributed by atoms with Gasteiger partial charge in [-0.2, -0.15) is 0 Å². The summed E-state index contributed by atoms with van der Waals surface area (Å²) in [6.45, 7) is 2.34. The van der Waals surface area contributed by atoms with Crippen LogP contribution in [0.25, 0.3) is 11.1 Å². The highest BCUT2D eigenvalue weighted by Crippen LogP contribution is 2.43. The Morgan fingerprint density at radius 1 is 0.809 bits per heavy atom. The number of hydrogen-bond donors (Lipinski definition) is 1. The fourth-order valence-electron chi connectivity index (χ4n) is 6.24. The van der Waals surface area contributed by atoms with E-state index in [2.05, 4.69) is 18.0 Å². The topological polar surface area (TPSA) is 93.9 Å². The number of aromatic nitrogens is 2. The van der Waals surface area contributed by atoms with Crippen molar-refractivity contribution in [2.24, 2.45) is 13.0 Å². The Balaban J connectivity index is 1.14. The maximum Gasteiger partial charge on any atom is 0.261 e. The minimum absolute atomic E-state index is 0.0116. The van der Waals surface area contributed by atoms with E-state index in [9.17, 15) is 14.7 Å². The van der Waals surface area contributed by atoms with Crippen molar-refractivity contribution in [2.75, 3.05) is 5.75 Å². The zero-order valence-corrected chi connectivity index (χ0v) is 27.0. The summed E-state index contributed by atoms with van der Waals surface area (Å²) in [7, 11) is 1.98. The van der Waals surface area contributed by atoms with Gasteiger partial charge in [-0.05, 0) is 52.1 Å². The number of imidazole rings is 1. The average Bonchev–Trinajstić information content (AvgIpc) is 3.63. The zero-order chi connectivity index (χ0) is 32.5. The molecule has 2 aliphatic rings. The normalized spacial score (nSPS) is 20.9. The quantitative estimate of drug-likeness (QED) is 0.137. The average molecular weight is 646 g/mol. The van der Waals surface area contributed by atoms with Crippen LogP contribution in [0.5, 0.6) is 0 Å². The Morgan fingerprint density at radius 3 is 2.19 bits per heavy atom. The van der Waals surface area contributed by atoms with E-state index in [1.165, 1.54) is 4.90 Å². The Labute approximate surface area is 278 Å². The fourth-order valence-corrected chi connectivity index (χ4v) is 7.33. The minimum Gasteiger partial charge on any atom is -0.392 e. The van der Waals surface area contributed by atoms with Gasteiger partial charge in [0.15, 0.2) is 11.4 Å². The number of thioether (sulfide) groups is 1. The van der Waals surface area contributed by atoms with Crippen LogP contribution in [0.4, 0.5) is 0 Å². The van der Waals surface area contributed by atoms with Crippen molar-refractivity contribution < 1.29 is 24.2 Å². The Kier molecular flexibility index (Phi) is 8.79. The summed E-state index contributed by atoms with van der Waals surface area (Å²) in [4.78, 5) is 31.8. The molecule has 0 unspecified atom stereocenters. The monoisotopic (exact) mass is 645 g/mol. The summed E-state index contributed by atoms with van der Waals surface area (Å²) in [6.07, 6.45) is 2.78. The number of carbonyl (C=O) groups excluding carboxylic acids is 2. The Morgan fingerprint density at radius 2 is 1.51 bits per heavy atom. The number of amides is 2. The van der Waals surface area contributed by atoms with Gasteiger partial charge in [0.2, 0.25) is 0 Å². The predicted molar refractivity (Wildman–Crippen MR) is 179 cm³/mol. The second-order valence-electron chi connectivity index (χ2n) is 12.0. The molecule has 0 radical (unpaired) electrons. The first-order valence-electron chi connectivity index (χ1n) is 15.6. The summed E-state index contributed by atoms with van der Waals surface area (Å²) in [5.74, 6) is 0.224. The molecule has 0 bridgehead atoms. The number of imide groups is 1. The first kappa shape index (κ1) is 31.1. The highest BCUT2D eigenvalue weighted by molar-refractivity contribution is 7.99. The molecule has 0 saturated carbocycles. The molecule has 0 aliphatic carbocycles. The van der Waals surface area contributed by atoms with Crippen LogP contribution in [0.2, 0.25) is 0 Å². The van der Waals surface area contributed by atoms with Crippen LogP contribution in [0.15, 0.2) is 115 Å². The molecule has 1 N–H and O–H groups in total. The van der Waals surface area contributed by atoms with E-state index in [-0.39, 0.29) is 43.1 Å². The molecule has 0 spiro atoms. The molecular weight excluding hydrogens is 611 g/mol. The highest BCUT2D eigenvalue weighted by atomic mass is 32.2. The van der Waals surface area contributed by atoms with Crippen molar-refractivity contribution in [1.82, 2.24) is 14.5 Å². The van der Waals surface area contributed by atoms with Gasteiger partial charge in [-0.1, -0.05) is 91.5 Å². The zero-order valence-electron chi connectivity index (χ0n) is 26.2. The maximum absolute atomic E-state index is 13.0. The Hall–Kier alpha value is -4.54. The summed E-state index contributed by atoms with van der Waals surface area (Å²) in [5, 5.41) is 10.5. The first-order valence-corrected chi connectivity index (χ1v) is 16.6. The van der Waals surface area contributed by atoms with Gasteiger partial charge >= 0.3 is 0 Å². The van der Waals surface area contributed by atoms with Gasteiger partial charge in [0, 0.05) is 36.7 Å². The number of benzene rings is 4. The molecule has 7 rings (SSSR count). The molecule has 2 aliphatic heterocycles. The highest BCUT2D eigenvalue weighted by Gasteiger charge is 2.39. The lowest BCUT2D eigenvalue weighted by Crippen LogP contribution is -2.38. The largest absolute Gasteiger partial charge is 0.392 e. The van der Waals surface area contributed by atoms with Crippen LogP contribution in [-0.4, -0.2) is 43.2 Å². The van der Waals surface area contributed by atoms with Gasteiger partial charge in [0.1, 0.15) is 0 Å². The number of aliphatic hydroxyl groups excluding tert-OH is 1. The number of ether oxygens (including phenoxy) is 2. The van der Waals surface area contributed by atoms with Crippen LogP contribution in [0, 0.1) is 5.92 Å². The van der Waals surface area contributed by atoms with E-state index < -0.39 is 6.29 Å². The number of nitrogens with zero attached hydrogens (tertiary/aromatic N) is 3. The molecule has 1 fully saturated rings. The first-order chi connectivity index (χ1) is 22.9. The lowest BCUT2D eigenvalue weighted by Gasteiger charge is -2.41. The second-order valence-corrected chi connectivity index (χ2v) is 13.0. The van der Waals surface area contributed by atoms with Gasteiger partial charge in [0.05, 0.1) is 36.5 Å². The van der Waals surface area contributed by atoms with Crippen LogP contribution in [0.3, 0.4) is 0 Å². The van der Waals surface area contributed by atoms with Crippen LogP contribution >= 0.6 is 11.8 Å². The Bertz CT molecular complexity index is 1890. The standard InChI is InChI=1S/C38H35N3O5S/c1-24-33(23-47-38-39-17-18-40(38)2)45-37(46-34(24)27-15-13-25(22-42)14-16-27)30-10-6-9-29(20-30)28-8-5-7-26(19-28)21-41-35(43)31-11-3-4-12-32(31)36(41)44/h3-20,24,33-34,37,42H,21-23H2,1-2H3/t24-,33+,34+,37+/m0/s1. The van der Waals surface area contributed by atoms with Gasteiger partial charge in [0.25, 0.3) is 11.8 Å². The third-order valence-electron chi connectivity index (χ3n) is 8.92. The molecule has 4 aromatic carbocycles. The third-order valence-corrected chi connectivity index (χ3v) is 10.1. The fraction of sp³-hybridized carbons (Fsp3) is 0.237. The molecule has 1 saturated heterocycles. The molecule has 9 heteroatoms. The summed E-state index contributed by atoms with van der Waals surface area (Å²) in [6, 6.07) is 30.9. The van der Waals surface area contributed by atoms with Crippen molar-refractivity contribution in [2.45, 2.75) is 43.7 Å². The van der Waals surface area contributed by atoms with Crippen molar-refractivity contribution in [1.29, 1.82) is 0 Å². The smallest absolute Gasteiger partial charge is 0.261 e. The molecule has 47 heavy (non-hydrogen) atoms. The van der Waals surface area contributed by atoms with Crippen molar-refractivity contribution in [3.63, 3.8) is 0 Å². The van der Waals surface area contributed by atoms with Gasteiger partial charge in [-0.25, -0.2) is 4.98 Å². The van der Waals surface area contributed by atoms with E-state index in [0.717, 1.165) is 38.5 Å². The van der Waals surface area contributed by atoms with Gasteiger partial charge < -0.3 is 19.1 Å². The summed E-state index contributed by atoms with van der Waals surface area (Å²) >= 11 is 1.66.